The highest BCUT2D eigenvalue weighted by atomic mass is 16.5. The smallest absolute Gasteiger partial charge is 0.309 e. The lowest BCUT2D eigenvalue weighted by molar-refractivity contribution is -0.232. The van der Waals surface area contributed by atoms with Crippen molar-refractivity contribution in [3.8, 4) is 11.5 Å². The van der Waals surface area contributed by atoms with Crippen molar-refractivity contribution in [2.45, 2.75) is 138 Å². The summed E-state index contributed by atoms with van der Waals surface area (Å²) in [5.41, 5.74) is 1.23. The number of carboxylic acids is 1. The van der Waals surface area contributed by atoms with Crippen LogP contribution in [0.3, 0.4) is 0 Å². The van der Waals surface area contributed by atoms with Gasteiger partial charge in [0.05, 0.1) is 17.3 Å². The molecule has 4 saturated carbocycles. The number of ether oxygens (including phenoxy) is 1. The van der Waals surface area contributed by atoms with Gasteiger partial charge in [-0.2, -0.15) is 0 Å². The van der Waals surface area contributed by atoms with Crippen molar-refractivity contribution in [1.29, 1.82) is 0 Å². The lowest BCUT2D eigenvalue weighted by atomic mass is 9.33. The molecule has 1 N–H and O–H groups in total. The van der Waals surface area contributed by atoms with Crippen molar-refractivity contribution in [3.63, 3.8) is 0 Å². The van der Waals surface area contributed by atoms with Crippen LogP contribution in [0, 0.1) is 50.7 Å². The van der Waals surface area contributed by atoms with Gasteiger partial charge in [-0.05, 0) is 128 Å². The van der Waals surface area contributed by atoms with Crippen LogP contribution in [-0.4, -0.2) is 44.1 Å². The number of fused-ring (bicyclic) bond motifs is 7. The molecule has 8 atom stereocenters. The predicted octanol–water partition coefficient (Wildman–Crippen LogP) is 8.78. The Labute approximate surface area is 302 Å². The van der Waals surface area contributed by atoms with Crippen LogP contribution in [0.5, 0.6) is 0 Å². The maximum atomic E-state index is 14.1. The highest BCUT2D eigenvalue weighted by Gasteiger charge is 2.71. The quantitative estimate of drug-likeness (QED) is 0.282. The van der Waals surface area contributed by atoms with E-state index in [4.69, 9.17) is 9.15 Å². The van der Waals surface area contributed by atoms with Crippen LogP contribution in [0.1, 0.15) is 132 Å². The number of carbonyl (C=O) groups is 3. The van der Waals surface area contributed by atoms with E-state index in [1.165, 1.54) is 5.57 Å². The van der Waals surface area contributed by atoms with Gasteiger partial charge in [-0.3, -0.25) is 19.4 Å². The van der Waals surface area contributed by atoms with Gasteiger partial charge in [0.15, 0.2) is 5.78 Å². The Morgan fingerprint density at radius 3 is 2.31 bits per heavy atom. The van der Waals surface area contributed by atoms with E-state index < -0.39 is 22.8 Å². The molecule has 9 heteroatoms. The summed E-state index contributed by atoms with van der Waals surface area (Å²) in [6.07, 6.45) is 11.3. The molecule has 0 saturated heterocycles. The van der Waals surface area contributed by atoms with Gasteiger partial charge >= 0.3 is 11.9 Å². The number of aromatic nitrogens is 3. The number of Topliss-reactive ketones (excluding diaryl/α,β-unsaturated/α-hetero) is 1. The van der Waals surface area contributed by atoms with Crippen molar-refractivity contribution < 1.29 is 28.6 Å². The molecular weight excluding hydrogens is 642 g/mol. The summed E-state index contributed by atoms with van der Waals surface area (Å²) in [5.74, 6) is 1.09. The highest BCUT2D eigenvalue weighted by Crippen LogP contribution is 2.76. The van der Waals surface area contributed by atoms with Crippen molar-refractivity contribution in [2.24, 2.45) is 50.7 Å². The van der Waals surface area contributed by atoms with Gasteiger partial charge in [-0.25, -0.2) is 0 Å². The minimum absolute atomic E-state index is 0.0166. The third-order valence-electron chi connectivity index (χ3n) is 15.6. The summed E-state index contributed by atoms with van der Waals surface area (Å²) in [6, 6.07) is 3.75. The zero-order chi connectivity index (χ0) is 36.9. The first-order valence-electron chi connectivity index (χ1n) is 19.3. The third kappa shape index (κ3) is 5.13. The Balaban J connectivity index is 1.21. The Morgan fingerprint density at radius 1 is 0.941 bits per heavy atom. The Hall–Kier alpha value is -3.36. The predicted molar refractivity (Wildman–Crippen MR) is 192 cm³/mol. The lowest BCUT2D eigenvalue weighted by Crippen LogP contribution is -2.66. The molecule has 4 fully saturated rings. The molecule has 2 aromatic rings. The first-order valence-corrected chi connectivity index (χ1v) is 19.3. The fourth-order valence-electron chi connectivity index (χ4n) is 12.7. The van der Waals surface area contributed by atoms with E-state index in [9.17, 15) is 19.5 Å². The molecule has 0 spiro atoms. The number of carbonyl (C=O) groups excluding carboxylic acids is 2. The molecule has 0 aromatic carbocycles. The summed E-state index contributed by atoms with van der Waals surface area (Å²) >= 11 is 0. The van der Waals surface area contributed by atoms with Crippen LogP contribution in [0.15, 0.2) is 40.1 Å². The van der Waals surface area contributed by atoms with E-state index in [-0.39, 0.29) is 51.8 Å². The van der Waals surface area contributed by atoms with Crippen LogP contribution in [-0.2, 0) is 24.5 Å². The molecule has 9 nitrogen and oxygen atoms in total. The zero-order valence-corrected chi connectivity index (χ0v) is 32.1. The van der Waals surface area contributed by atoms with Crippen LogP contribution in [0.25, 0.3) is 11.5 Å². The number of rotatable bonds is 7. The van der Waals surface area contributed by atoms with Crippen LogP contribution >= 0.6 is 0 Å². The van der Waals surface area contributed by atoms with E-state index in [2.05, 4.69) is 63.6 Å². The second-order valence-corrected chi connectivity index (χ2v) is 19.1. The zero-order valence-electron chi connectivity index (χ0n) is 32.1. The number of ketones is 1. The number of pyridine rings is 1. The molecule has 51 heavy (non-hydrogen) atoms. The Morgan fingerprint density at radius 2 is 1.65 bits per heavy atom. The molecule has 5 aliphatic carbocycles. The molecule has 5 aliphatic rings. The molecular formula is C42H57N3O6. The summed E-state index contributed by atoms with van der Waals surface area (Å²) in [4.78, 5) is 43.1. The number of carboxylic acid groups (broad SMARTS) is 1. The van der Waals surface area contributed by atoms with Crippen molar-refractivity contribution in [3.05, 3.63) is 41.6 Å². The van der Waals surface area contributed by atoms with Crippen molar-refractivity contribution in [2.75, 3.05) is 0 Å². The number of hydrogen-bond donors (Lipinski definition) is 1. The molecule has 2 unspecified atom stereocenters. The van der Waals surface area contributed by atoms with Gasteiger partial charge in [0, 0.05) is 29.8 Å². The molecule has 0 radical (unpaired) electrons. The van der Waals surface area contributed by atoms with Crippen LogP contribution in [0.4, 0.5) is 0 Å². The van der Waals surface area contributed by atoms with Crippen molar-refractivity contribution in [1.82, 2.24) is 15.2 Å². The molecule has 0 bridgehead atoms. The monoisotopic (exact) mass is 699 g/mol. The molecule has 2 heterocycles. The van der Waals surface area contributed by atoms with Crippen molar-refractivity contribution >= 4 is 17.7 Å². The molecule has 2 aromatic heterocycles. The standard InChI is InChI=1S/C42H57N3O6/c1-24(2)32-27(46)22-42(35-45-44-34(51-35)25-14-20-43-21-15-25)19-18-40(8)26(33(32)42)10-11-29-39(7)16-13-30(50-31(47)23-37(3,4)36(48)49)38(5,6)28(39)12-17-41(29,40)9/h14-15,20-21,24,26,28-30H,10-13,16-19,22-23H2,1-9H3,(H,48,49)/t26?,28-,29+,30-,39-,40+,41?,42+/m0/s1. The Bertz CT molecular complexity index is 1780. The van der Waals surface area contributed by atoms with E-state index in [1.807, 2.05) is 12.1 Å². The molecule has 276 valence electrons. The molecule has 7 rings (SSSR count). The third-order valence-corrected chi connectivity index (χ3v) is 15.6. The van der Waals surface area contributed by atoms with Gasteiger partial charge in [-0.1, -0.05) is 48.5 Å². The Kier molecular flexibility index (Phi) is 8.35. The average molecular weight is 700 g/mol. The van der Waals surface area contributed by atoms with E-state index in [0.717, 1.165) is 62.5 Å². The largest absolute Gasteiger partial charge is 0.481 e. The van der Waals surface area contributed by atoms with Gasteiger partial charge in [0.1, 0.15) is 6.10 Å². The first-order chi connectivity index (χ1) is 23.8. The number of nitrogens with zero attached hydrogens (tertiary/aromatic N) is 3. The summed E-state index contributed by atoms with van der Waals surface area (Å²) in [7, 11) is 0. The van der Waals surface area contributed by atoms with E-state index in [0.29, 0.717) is 30.0 Å². The average Bonchev–Trinajstić information content (AvgIpc) is 3.67. The highest BCUT2D eigenvalue weighted by molar-refractivity contribution is 6.01. The van der Waals surface area contributed by atoms with E-state index >= 15 is 0 Å². The maximum absolute atomic E-state index is 14.1. The number of esters is 1. The van der Waals surface area contributed by atoms with E-state index in [1.54, 1.807) is 26.2 Å². The van der Waals surface area contributed by atoms with Crippen LogP contribution in [0.2, 0.25) is 0 Å². The van der Waals surface area contributed by atoms with Crippen LogP contribution < -0.4 is 0 Å². The SMILES string of the molecule is CC(C)C1=C2C3CC[C@H]4C(C)(CC[C@H]5C(C)(C)[C@@H](OC(=O)CC(C)(C)C(=O)O)CC[C@@]54C)[C@]3(C)CC[C@@]2(c2nnc(-c3ccncc3)o2)CC1=O. The minimum atomic E-state index is -1.16. The van der Waals surface area contributed by atoms with Gasteiger partial charge in [-0.15, -0.1) is 10.2 Å². The maximum Gasteiger partial charge on any atom is 0.309 e. The van der Waals surface area contributed by atoms with Gasteiger partial charge in [0.2, 0.25) is 11.8 Å². The minimum Gasteiger partial charge on any atom is -0.481 e. The topological polar surface area (TPSA) is 132 Å². The molecule has 0 aliphatic heterocycles. The lowest BCUT2D eigenvalue weighted by Gasteiger charge is -2.72. The fraction of sp³-hybridized carbons (Fsp3) is 0.714. The normalized spacial score (nSPS) is 37.3. The second-order valence-electron chi connectivity index (χ2n) is 19.1. The fourth-order valence-corrected chi connectivity index (χ4v) is 12.7. The summed E-state index contributed by atoms with van der Waals surface area (Å²) < 4.78 is 12.7. The summed E-state index contributed by atoms with van der Waals surface area (Å²) in [6.45, 7) is 19.6. The summed E-state index contributed by atoms with van der Waals surface area (Å²) in [5, 5.41) is 18.8. The second kappa shape index (κ2) is 11.8. The number of allylic oxidation sites excluding steroid dienone is 2. The molecule has 0 amide bonds. The van der Waals surface area contributed by atoms with Gasteiger partial charge < -0.3 is 14.3 Å². The first kappa shape index (κ1) is 36.0. The number of aliphatic carboxylic acids is 1. The number of hydrogen-bond acceptors (Lipinski definition) is 8. The van der Waals surface area contributed by atoms with Gasteiger partial charge in [0.25, 0.3) is 0 Å².